The van der Waals surface area contributed by atoms with Gasteiger partial charge in [-0.2, -0.15) is 0 Å². The Balaban J connectivity index is 1.96. The van der Waals surface area contributed by atoms with E-state index in [1.807, 2.05) is 0 Å². The van der Waals surface area contributed by atoms with Gasteiger partial charge < -0.3 is 14.2 Å². The van der Waals surface area contributed by atoms with Crippen molar-refractivity contribution in [1.82, 2.24) is 0 Å². The van der Waals surface area contributed by atoms with Gasteiger partial charge in [-0.1, -0.05) is 72.6 Å². The van der Waals surface area contributed by atoms with Gasteiger partial charge in [-0.15, -0.1) is 0 Å². The van der Waals surface area contributed by atoms with Crippen molar-refractivity contribution in [3.63, 3.8) is 0 Å². The van der Waals surface area contributed by atoms with Crippen LogP contribution in [0.3, 0.4) is 0 Å². The minimum Gasteiger partial charge on any atom is -0.376 e. The normalized spacial score (nSPS) is 32.3. The maximum Gasteiger partial charge on any atom is 0.364 e. The van der Waals surface area contributed by atoms with Gasteiger partial charge in [0.2, 0.25) is 0 Å². The highest BCUT2D eigenvalue weighted by atomic mass is 31.2. The van der Waals surface area contributed by atoms with E-state index in [1.54, 1.807) is 12.1 Å². The summed E-state index contributed by atoms with van der Waals surface area (Å²) in [7, 11) is -4.09. The summed E-state index contributed by atoms with van der Waals surface area (Å²) in [5.41, 5.74) is -0.0178. The second kappa shape index (κ2) is 11.3. The molecule has 0 unspecified atom stereocenters. The van der Waals surface area contributed by atoms with Crippen molar-refractivity contribution in [3.8, 4) is 0 Å². The van der Waals surface area contributed by atoms with Gasteiger partial charge in [0, 0.05) is 5.56 Å². The molecule has 4 nitrogen and oxygen atoms in total. The summed E-state index contributed by atoms with van der Waals surface area (Å²) >= 11 is 0. The quantitative estimate of drug-likeness (QED) is 0.382. The molecule has 1 aromatic carbocycles. The lowest BCUT2D eigenvalue weighted by Gasteiger charge is -2.42. The summed E-state index contributed by atoms with van der Waals surface area (Å²) in [6, 6.07) is 5.97. The van der Waals surface area contributed by atoms with Crippen molar-refractivity contribution in [2.45, 2.75) is 98.1 Å². The zero-order valence-electron chi connectivity index (χ0n) is 21.2. The molecule has 0 bridgehead atoms. The first kappa shape index (κ1) is 26.9. The molecule has 3 rings (SSSR count). The van der Waals surface area contributed by atoms with E-state index in [1.165, 1.54) is 12.1 Å². The van der Waals surface area contributed by atoms with E-state index in [2.05, 4.69) is 41.5 Å². The van der Waals surface area contributed by atoms with Crippen LogP contribution in [0.25, 0.3) is 0 Å². The lowest BCUT2D eigenvalue weighted by molar-refractivity contribution is -0.0156. The molecule has 7 atom stereocenters. The molecule has 0 radical (unpaired) electrons. The second-order valence-corrected chi connectivity index (χ2v) is 13.4. The summed E-state index contributed by atoms with van der Waals surface area (Å²) < 4.78 is 41.9. The Morgan fingerprint density at radius 3 is 1.76 bits per heavy atom. The van der Waals surface area contributed by atoms with Crippen LogP contribution in [0.2, 0.25) is 0 Å². The molecule has 0 saturated heterocycles. The molecule has 2 aliphatic carbocycles. The van der Waals surface area contributed by atoms with Crippen molar-refractivity contribution in [2.24, 2.45) is 35.5 Å². The Labute approximate surface area is 200 Å². The van der Waals surface area contributed by atoms with E-state index >= 15 is 0 Å². The van der Waals surface area contributed by atoms with Crippen LogP contribution in [0.1, 0.15) is 91.5 Å². The van der Waals surface area contributed by atoms with Crippen LogP contribution in [-0.2, 0) is 13.6 Å². The first-order chi connectivity index (χ1) is 15.5. The Hall–Kier alpha value is -0.740. The molecule has 0 aliphatic heterocycles. The second-order valence-electron chi connectivity index (χ2n) is 11.4. The van der Waals surface area contributed by atoms with Crippen LogP contribution in [-0.4, -0.2) is 17.3 Å². The van der Waals surface area contributed by atoms with E-state index in [4.69, 9.17) is 9.05 Å². The lowest BCUT2D eigenvalue weighted by Crippen LogP contribution is -2.37. The van der Waals surface area contributed by atoms with Gasteiger partial charge in [-0.3, -0.25) is 4.57 Å². The van der Waals surface area contributed by atoms with Crippen molar-refractivity contribution in [2.75, 3.05) is 0 Å². The molecule has 2 saturated carbocycles. The Morgan fingerprint density at radius 2 is 1.33 bits per heavy atom. The Kier molecular flexibility index (Phi) is 9.22. The van der Waals surface area contributed by atoms with Crippen molar-refractivity contribution < 1.29 is 23.1 Å². The van der Waals surface area contributed by atoms with Gasteiger partial charge in [0.1, 0.15) is 5.82 Å². The highest BCUT2D eigenvalue weighted by Crippen LogP contribution is 2.64. The van der Waals surface area contributed by atoms with Crippen LogP contribution >= 0.6 is 7.60 Å². The Morgan fingerprint density at radius 1 is 0.879 bits per heavy atom. The monoisotopic (exact) mass is 482 g/mol. The Bertz CT molecular complexity index is 775. The highest BCUT2D eigenvalue weighted by molar-refractivity contribution is 7.54. The fourth-order valence-electron chi connectivity index (χ4n) is 5.84. The number of aliphatic hydroxyl groups excluding tert-OH is 1. The van der Waals surface area contributed by atoms with Gasteiger partial charge in [-0.25, -0.2) is 4.39 Å². The molecule has 1 aromatic rings. The molecule has 33 heavy (non-hydrogen) atoms. The fourth-order valence-corrected chi connectivity index (χ4v) is 7.91. The largest absolute Gasteiger partial charge is 0.376 e. The SMILES string of the molecule is CC(C)[C@@H]1CC[C@@H](C)C[C@H]1OP(=O)(O[C@@H]1C[C@H](C)CC[C@H]1C(C)C)[C@@H](O)c1ccccc1F. The summed E-state index contributed by atoms with van der Waals surface area (Å²) in [6.07, 6.45) is 5.20. The standard InChI is InChI=1S/C27H44FO4P/c1-17(2)21-13-11-19(5)15-25(21)31-33(30,27(29)23-9-7-8-10-24(23)28)32-26-16-20(6)12-14-22(26)18(3)4/h7-10,17-22,25-27,29H,11-16H2,1-6H3/t19-,20-,21+,22+,25-,26-,27-/m1/s1. The summed E-state index contributed by atoms with van der Waals surface area (Å²) in [5.74, 6) is -0.154. The van der Waals surface area contributed by atoms with Gasteiger partial charge in [0.15, 0.2) is 5.85 Å². The van der Waals surface area contributed by atoms with Crippen LogP contribution in [0.15, 0.2) is 24.3 Å². The third-order valence-corrected chi connectivity index (χ3v) is 9.98. The average molecular weight is 483 g/mol. The van der Waals surface area contributed by atoms with Crippen molar-refractivity contribution in [3.05, 3.63) is 35.6 Å². The molecular weight excluding hydrogens is 438 g/mol. The lowest BCUT2D eigenvalue weighted by atomic mass is 9.75. The first-order valence-corrected chi connectivity index (χ1v) is 14.5. The smallest absolute Gasteiger partial charge is 0.364 e. The minimum absolute atomic E-state index is 0.0178. The number of aliphatic hydroxyl groups is 1. The molecule has 0 spiro atoms. The highest BCUT2D eigenvalue weighted by Gasteiger charge is 2.47. The van der Waals surface area contributed by atoms with E-state index in [9.17, 15) is 14.1 Å². The van der Waals surface area contributed by atoms with Crippen molar-refractivity contribution in [1.29, 1.82) is 0 Å². The van der Waals surface area contributed by atoms with E-state index in [0.29, 0.717) is 23.7 Å². The summed E-state index contributed by atoms with van der Waals surface area (Å²) in [6.45, 7) is 13.0. The van der Waals surface area contributed by atoms with E-state index in [-0.39, 0.29) is 29.6 Å². The summed E-state index contributed by atoms with van der Waals surface area (Å²) in [4.78, 5) is 0. The molecule has 1 N–H and O–H groups in total. The van der Waals surface area contributed by atoms with Crippen molar-refractivity contribution >= 4 is 7.60 Å². The molecule has 2 aliphatic rings. The molecule has 188 valence electrons. The predicted octanol–water partition coefficient (Wildman–Crippen LogP) is 7.96. The number of rotatable bonds is 8. The molecule has 0 heterocycles. The zero-order chi connectivity index (χ0) is 24.3. The van der Waals surface area contributed by atoms with Gasteiger partial charge in [0.05, 0.1) is 12.2 Å². The predicted molar refractivity (Wildman–Crippen MR) is 131 cm³/mol. The van der Waals surface area contributed by atoms with Crippen LogP contribution in [0, 0.1) is 41.3 Å². The third-order valence-electron chi connectivity index (χ3n) is 7.97. The average Bonchev–Trinajstić information content (AvgIpc) is 2.73. The van der Waals surface area contributed by atoms with Gasteiger partial charge >= 0.3 is 7.60 Å². The van der Waals surface area contributed by atoms with Gasteiger partial charge in [-0.05, 0) is 67.3 Å². The maximum absolute atomic E-state index is 14.7. The third kappa shape index (κ3) is 6.48. The van der Waals surface area contributed by atoms with Crippen LogP contribution < -0.4 is 0 Å². The first-order valence-electron chi connectivity index (χ1n) is 12.9. The molecule has 2 fully saturated rings. The van der Waals surface area contributed by atoms with Crippen LogP contribution in [0.5, 0.6) is 0 Å². The van der Waals surface area contributed by atoms with E-state index < -0.39 is 19.3 Å². The number of halogens is 1. The molecular formula is C27H44FO4P. The van der Waals surface area contributed by atoms with Crippen LogP contribution in [0.4, 0.5) is 4.39 Å². The van der Waals surface area contributed by atoms with E-state index in [0.717, 1.165) is 38.5 Å². The summed E-state index contributed by atoms with van der Waals surface area (Å²) in [5, 5.41) is 11.3. The molecule has 0 amide bonds. The fraction of sp³-hybridized carbons (Fsp3) is 0.778. The minimum atomic E-state index is -4.09. The zero-order valence-corrected chi connectivity index (χ0v) is 22.1. The number of hydrogen-bond donors (Lipinski definition) is 1. The molecule has 6 heteroatoms. The number of benzene rings is 1. The maximum atomic E-state index is 14.7. The van der Waals surface area contributed by atoms with Gasteiger partial charge in [0.25, 0.3) is 0 Å². The topological polar surface area (TPSA) is 55.8 Å². The number of hydrogen-bond acceptors (Lipinski definition) is 4. The molecule has 0 aromatic heterocycles.